The Balaban J connectivity index is 1.90. The average Bonchev–Trinajstić information content (AvgIpc) is 3.20. The SMILES string of the molecule is CCOc1ccc([C@H]2C(C(=O)OC)=CN=c3s/c(=C\c4ccc(OC)cc4C)c(=O)n32)cc1OCC. The van der Waals surface area contributed by atoms with Crippen molar-refractivity contribution in [2.45, 2.75) is 26.8 Å². The fourth-order valence-corrected chi connectivity index (χ4v) is 5.03. The van der Waals surface area contributed by atoms with Gasteiger partial charge in [0.2, 0.25) is 0 Å². The van der Waals surface area contributed by atoms with Gasteiger partial charge in [-0.25, -0.2) is 9.79 Å². The molecule has 2 aromatic carbocycles. The molecule has 0 amide bonds. The Bertz CT molecular complexity index is 1500. The maximum absolute atomic E-state index is 13.7. The molecule has 1 atom stereocenters. The quantitative estimate of drug-likeness (QED) is 0.435. The standard InChI is InChI=1S/C27H28N2O6S/c1-6-34-21-11-9-18(13-22(21)35-7-2)24-20(26(31)33-5)15-28-27-29(24)25(30)23(36-27)14-17-8-10-19(32-4)12-16(17)3/h8-15,24H,6-7H2,1-5H3/b23-14-/t24-/m0/s1. The van der Waals surface area contributed by atoms with Crippen molar-refractivity contribution in [1.82, 2.24) is 4.57 Å². The van der Waals surface area contributed by atoms with Crippen LogP contribution < -0.4 is 29.1 Å². The summed E-state index contributed by atoms with van der Waals surface area (Å²) in [4.78, 5) is 31.3. The van der Waals surface area contributed by atoms with Gasteiger partial charge in [0.15, 0.2) is 16.3 Å². The van der Waals surface area contributed by atoms with Crippen LogP contribution in [0.2, 0.25) is 0 Å². The molecular weight excluding hydrogens is 480 g/mol. The third kappa shape index (κ3) is 4.79. The van der Waals surface area contributed by atoms with E-state index in [1.807, 2.05) is 51.1 Å². The Labute approximate surface area is 212 Å². The topological polar surface area (TPSA) is 88.4 Å². The molecular formula is C27H28N2O6S. The molecule has 8 nitrogen and oxygen atoms in total. The first-order valence-corrected chi connectivity index (χ1v) is 12.4. The normalized spacial score (nSPS) is 15.0. The molecule has 36 heavy (non-hydrogen) atoms. The fraction of sp³-hybridized carbons (Fsp3) is 0.296. The molecule has 0 fully saturated rings. The van der Waals surface area contributed by atoms with Gasteiger partial charge < -0.3 is 18.9 Å². The van der Waals surface area contributed by atoms with Crippen molar-refractivity contribution in [3.8, 4) is 17.2 Å². The first kappa shape index (κ1) is 25.2. The van der Waals surface area contributed by atoms with Gasteiger partial charge in [-0.05, 0) is 67.8 Å². The number of thiazole rings is 1. The van der Waals surface area contributed by atoms with Crippen LogP contribution in [0.4, 0.5) is 0 Å². The molecule has 0 bridgehead atoms. The molecule has 4 rings (SSSR count). The highest BCUT2D eigenvalue weighted by molar-refractivity contribution is 7.07. The third-order valence-corrected chi connectivity index (χ3v) is 6.77. The van der Waals surface area contributed by atoms with E-state index in [9.17, 15) is 9.59 Å². The third-order valence-electron chi connectivity index (χ3n) is 5.77. The van der Waals surface area contributed by atoms with Gasteiger partial charge in [0.25, 0.3) is 5.56 Å². The van der Waals surface area contributed by atoms with Crippen molar-refractivity contribution < 1.29 is 23.7 Å². The molecule has 1 aliphatic rings. The highest BCUT2D eigenvalue weighted by Gasteiger charge is 2.31. The van der Waals surface area contributed by atoms with Gasteiger partial charge in [0.05, 0.1) is 43.6 Å². The summed E-state index contributed by atoms with van der Waals surface area (Å²) in [6.07, 6.45) is 3.31. The fourth-order valence-electron chi connectivity index (χ4n) is 4.07. The van der Waals surface area contributed by atoms with Crippen LogP contribution in [0.5, 0.6) is 17.2 Å². The lowest BCUT2D eigenvalue weighted by molar-refractivity contribution is -0.136. The zero-order valence-corrected chi connectivity index (χ0v) is 21.7. The van der Waals surface area contributed by atoms with Crippen molar-refractivity contribution in [1.29, 1.82) is 0 Å². The second kappa shape index (κ2) is 10.8. The number of fused-ring (bicyclic) bond motifs is 1. The molecule has 0 N–H and O–H groups in total. The first-order chi connectivity index (χ1) is 17.4. The van der Waals surface area contributed by atoms with Gasteiger partial charge in [-0.1, -0.05) is 23.5 Å². The molecule has 0 saturated carbocycles. The van der Waals surface area contributed by atoms with E-state index in [1.54, 1.807) is 19.2 Å². The number of ether oxygens (including phenoxy) is 4. The van der Waals surface area contributed by atoms with Gasteiger partial charge in [0, 0.05) is 6.20 Å². The Morgan fingerprint density at radius 3 is 2.50 bits per heavy atom. The predicted octanol–water partition coefficient (Wildman–Crippen LogP) is 3.13. The Morgan fingerprint density at radius 2 is 1.83 bits per heavy atom. The molecule has 0 aliphatic carbocycles. The monoisotopic (exact) mass is 508 g/mol. The Morgan fingerprint density at radius 1 is 1.08 bits per heavy atom. The summed E-state index contributed by atoms with van der Waals surface area (Å²) in [5, 5.41) is 0. The van der Waals surface area contributed by atoms with Gasteiger partial charge >= 0.3 is 5.97 Å². The largest absolute Gasteiger partial charge is 0.497 e. The number of nitrogens with zero attached hydrogens (tertiary/aromatic N) is 2. The maximum atomic E-state index is 13.7. The smallest absolute Gasteiger partial charge is 0.337 e. The minimum atomic E-state index is -0.734. The second-order valence-corrected chi connectivity index (χ2v) is 8.98. The van der Waals surface area contributed by atoms with Gasteiger partial charge in [0.1, 0.15) is 5.75 Å². The minimum absolute atomic E-state index is 0.250. The number of esters is 1. The molecule has 0 radical (unpaired) electrons. The van der Waals surface area contributed by atoms with Crippen LogP contribution in [0.25, 0.3) is 6.08 Å². The molecule has 0 unspecified atom stereocenters. The van der Waals surface area contributed by atoms with E-state index in [-0.39, 0.29) is 11.1 Å². The van der Waals surface area contributed by atoms with Crippen molar-refractivity contribution in [2.24, 2.45) is 4.99 Å². The van der Waals surface area contributed by atoms with E-state index < -0.39 is 12.0 Å². The summed E-state index contributed by atoms with van der Waals surface area (Å²) in [6, 6.07) is 10.3. The van der Waals surface area contributed by atoms with E-state index in [0.717, 1.165) is 16.9 Å². The summed E-state index contributed by atoms with van der Waals surface area (Å²) in [5.74, 6) is 1.31. The van der Waals surface area contributed by atoms with Crippen LogP contribution in [0.1, 0.15) is 36.6 Å². The van der Waals surface area contributed by atoms with E-state index in [4.69, 9.17) is 18.9 Å². The lowest BCUT2D eigenvalue weighted by atomic mass is 9.97. The molecule has 0 spiro atoms. The average molecular weight is 509 g/mol. The zero-order valence-electron chi connectivity index (χ0n) is 20.9. The van der Waals surface area contributed by atoms with Gasteiger partial charge in [-0.2, -0.15) is 0 Å². The maximum Gasteiger partial charge on any atom is 0.337 e. The summed E-state index contributed by atoms with van der Waals surface area (Å²) in [7, 11) is 2.92. The number of aryl methyl sites for hydroxylation is 1. The molecule has 9 heteroatoms. The molecule has 188 valence electrons. The molecule has 1 aliphatic heterocycles. The van der Waals surface area contributed by atoms with Crippen molar-refractivity contribution in [3.05, 3.63) is 84.5 Å². The summed E-state index contributed by atoms with van der Waals surface area (Å²) in [6.45, 7) is 6.65. The number of benzene rings is 2. The molecule has 1 aromatic heterocycles. The molecule has 2 heterocycles. The molecule has 3 aromatic rings. The highest BCUT2D eigenvalue weighted by atomic mass is 32.1. The number of carbonyl (C=O) groups is 1. The van der Waals surface area contributed by atoms with Crippen molar-refractivity contribution in [2.75, 3.05) is 27.4 Å². The van der Waals surface area contributed by atoms with Crippen molar-refractivity contribution in [3.63, 3.8) is 0 Å². The Hall–Kier alpha value is -3.85. The van der Waals surface area contributed by atoms with E-state index in [0.29, 0.717) is 39.6 Å². The van der Waals surface area contributed by atoms with Crippen LogP contribution >= 0.6 is 11.3 Å². The summed E-state index contributed by atoms with van der Waals surface area (Å²) < 4.78 is 23.8. The van der Waals surface area contributed by atoms with E-state index in [2.05, 4.69) is 4.99 Å². The summed E-state index contributed by atoms with van der Waals surface area (Å²) >= 11 is 1.27. The number of hydrogen-bond acceptors (Lipinski definition) is 8. The number of rotatable bonds is 8. The van der Waals surface area contributed by atoms with Gasteiger partial charge in [-0.3, -0.25) is 9.36 Å². The van der Waals surface area contributed by atoms with E-state index in [1.165, 1.54) is 29.2 Å². The first-order valence-electron chi connectivity index (χ1n) is 11.5. The molecule has 0 saturated heterocycles. The second-order valence-electron chi connectivity index (χ2n) is 7.97. The number of carbonyl (C=O) groups excluding carboxylic acids is 1. The zero-order chi connectivity index (χ0) is 25.8. The van der Waals surface area contributed by atoms with Crippen LogP contribution in [0, 0.1) is 6.92 Å². The van der Waals surface area contributed by atoms with Crippen LogP contribution in [-0.4, -0.2) is 38.0 Å². The lowest BCUT2D eigenvalue weighted by Gasteiger charge is -2.23. The van der Waals surface area contributed by atoms with Gasteiger partial charge in [-0.15, -0.1) is 0 Å². The van der Waals surface area contributed by atoms with Crippen LogP contribution in [0.3, 0.4) is 0 Å². The highest BCUT2D eigenvalue weighted by Crippen LogP contribution is 2.35. The number of aromatic nitrogens is 1. The van der Waals surface area contributed by atoms with E-state index >= 15 is 0 Å². The number of hydrogen-bond donors (Lipinski definition) is 0. The van der Waals surface area contributed by atoms with Crippen molar-refractivity contribution >= 4 is 23.4 Å². The Kier molecular flexibility index (Phi) is 7.59. The minimum Gasteiger partial charge on any atom is -0.497 e. The number of methoxy groups -OCH3 is 2. The van der Waals surface area contributed by atoms with Crippen LogP contribution in [-0.2, 0) is 9.53 Å². The van der Waals surface area contributed by atoms with Crippen LogP contribution in [0.15, 0.2) is 58.0 Å². The lowest BCUT2D eigenvalue weighted by Crippen LogP contribution is -2.39. The summed E-state index contributed by atoms with van der Waals surface area (Å²) in [5.41, 5.74) is 2.55. The predicted molar refractivity (Wildman–Crippen MR) is 138 cm³/mol.